The van der Waals surface area contributed by atoms with Gasteiger partial charge in [-0.25, -0.2) is 0 Å². The first-order valence-corrected chi connectivity index (χ1v) is 9.16. The minimum atomic E-state index is -0.621. The van der Waals surface area contributed by atoms with Crippen molar-refractivity contribution < 1.29 is 9.72 Å². The van der Waals surface area contributed by atoms with Gasteiger partial charge in [-0.2, -0.15) is 0 Å². The van der Waals surface area contributed by atoms with Crippen LogP contribution in [0.4, 0.5) is 17.1 Å². The van der Waals surface area contributed by atoms with E-state index in [1.54, 1.807) is 6.07 Å². The van der Waals surface area contributed by atoms with E-state index >= 15 is 0 Å². The highest BCUT2D eigenvalue weighted by Gasteiger charge is 2.20. The lowest BCUT2D eigenvalue weighted by Gasteiger charge is -2.28. The van der Waals surface area contributed by atoms with Crippen molar-refractivity contribution in [2.45, 2.75) is 19.3 Å². The number of carbonyl (C=O) groups is 1. The third-order valence-corrected chi connectivity index (χ3v) is 4.62. The van der Waals surface area contributed by atoms with Crippen molar-refractivity contribution in [2.24, 2.45) is 0 Å². The van der Waals surface area contributed by atoms with Gasteiger partial charge in [0.1, 0.15) is 5.56 Å². The maximum absolute atomic E-state index is 12.3. The van der Waals surface area contributed by atoms with E-state index in [-0.39, 0.29) is 16.4 Å². The molecule has 0 spiro atoms. The van der Waals surface area contributed by atoms with Crippen LogP contribution in [0, 0.1) is 10.1 Å². The first-order valence-electron chi connectivity index (χ1n) is 8.75. The molecular formula is C19H20N4O3S. The van der Waals surface area contributed by atoms with E-state index in [1.165, 1.54) is 37.5 Å². The van der Waals surface area contributed by atoms with Crippen LogP contribution in [-0.4, -0.2) is 29.0 Å². The normalized spacial score (nSPS) is 13.7. The van der Waals surface area contributed by atoms with Crippen LogP contribution in [0.3, 0.4) is 0 Å². The first-order chi connectivity index (χ1) is 13.0. The average Bonchev–Trinajstić information content (AvgIpc) is 2.69. The lowest BCUT2D eigenvalue weighted by atomic mass is 10.1. The summed E-state index contributed by atoms with van der Waals surface area (Å²) in [4.78, 5) is 25.1. The number of para-hydroxylation sites is 1. The monoisotopic (exact) mass is 384 g/mol. The average molecular weight is 384 g/mol. The standard InChI is InChI=1S/C19H20N4O3S/c24-18(16-6-2-3-7-17(16)23(25)26)21-19(27)20-14-8-10-15(11-9-14)22-12-4-1-5-13-22/h2-3,6-11H,1,4-5,12-13H2,(H2,20,21,24,27). The van der Waals surface area contributed by atoms with Gasteiger partial charge >= 0.3 is 0 Å². The Hall–Kier alpha value is -3.00. The Morgan fingerprint density at radius 2 is 1.70 bits per heavy atom. The molecule has 140 valence electrons. The van der Waals surface area contributed by atoms with Crippen LogP contribution < -0.4 is 15.5 Å². The zero-order valence-corrected chi connectivity index (χ0v) is 15.5. The third kappa shape index (κ3) is 4.79. The van der Waals surface area contributed by atoms with E-state index in [2.05, 4.69) is 15.5 Å². The number of thiocarbonyl (C=S) groups is 1. The Morgan fingerprint density at radius 3 is 2.37 bits per heavy atom. The second-order valence-corrected chi connectivity index (χ2v) is 6.69. The molecule has 0 atom stereocenters. The molecule has 1 amide bonds. The van der Waals surface area contributed by atoms with Crippen LogP contribution in [0.1, 0.15) is 29.6 Å². The number of hydrogen-bond donors (Lipinski definition) is 2. The van der Waals surface area contributed by atoms with E-state index in [9.17, 15) is 14.9 Å². The highest BCUT2D eigenvalue weighted by atomic mass is 32.1. The summed E-state index contributed by atoms with van der Waals surface area (Å²) in [7, 11) is 0. The van der Waals surface area contributed by atoms with E-state index < -0.39 is 10.8 Å². The number of hydrogen-bond acceptors (Lipinski definition) is 5. The lowest BCUT2D eigenvalue weighted by Crippen LogP contribution is -2.34. The second-order valence-electron chi connectivity index (χ2n) is 6.28. The summed E-state index contributed by atoms with van der Waals surface area (Å²) < 4.78 is 0. The number of piperidine rings is 1. The van der Waals surface area contributed by atoms with Crippen molar-refractivity contribution in [2.75, 3.05) is 23.3 Å². The van der Waals surface area contributed by atoms with E-state index in [0.717, 1.165) is 24.5 Å². The predicted molar refractivity (Wildman–Crippen MR) is 109 cm³/mol. The van der Waals surface area contributed by atoms with Crippen LogP contribution in [0.2, 0.25) is 0 Å². The fraction of sp³-hybridized carbons (Fsp3) is 0.263. The molecule has 0 aliphatic carbocycles. The highest BCUT2D eigenvalue weighted by Crippen LogP contribution is 2.22. The molecule has 27 heavy (non-hydrogen) atoms. The van der Waals surface area contributed by atoms with E-state index in [0.29, 0.717) is 0 Å². The molecule has 8 heteroatoms. The van der Waals surface area contributed by atoms with Gasteiger partial charge in [0.05, 0.1) is 4.92 Å². The van der Waals surface area contributed by atoms with Gasteiger partial charge in [0.15, 0.2) is 5.11 Å². The number of nitrogens with one attached hydrogen (secondary N) is 2. The van der Waals surface area contributed by atoms with E-state index in [4.69, 9.17) is 12.2 Å². The summed E-state index contributed by atoms with van der Waals surface area (Å²) >= 11 is 5.16. The van der Waals surface area contributed by atoms with Gasteiger partial charge in [0.25, 0.3) is 11.6 Å². The molecule has 0 aromatic heterocycles. The third-order valence-electron chi connectivity index (χ3n) is 4.42. The van der Waals surface area contributed by atoms with Crippen molar-refractivity contribution in [1.82, 2.24) is 5.32 Å². The van der Waals surface area contributed by atoms with Gasteiger partial charge in [-0.3, -0.25) is 20.2 Å². The molecular weight excluding hydrogens is 364 g/mol. The largest absolute Gasteiger partial charge is 0.372 e. The Bertz CT molecular complexity index is 848. The van der Waals surface area contributed by atoms with Crippen molar-refractivity contribution in [3.05, 3.63) is 64.2 Å². The van der Waals surface area contributed by atoms with Gasteiger partial charge in [-0.15, -0.1) is 0 Å². The number of carbonyl (C=O) groups excluding carboxylic acids is 1. The molecule has 0 unspecified atom stereocenters. The number of anilines is 2. The molecule has 3 rings (SSSR count). The summed E-state index contributed by atoms with van der Waals surface area (Å²) in [5.41, 5.74) is 1.61. The van der Waals surface area contributed by atoms with Crippen LogP contribution in [0.25, 0.3) is 0 Å². The quantitative estimate of drug-likeness (QED) is 0.475. The molecule has 7 nitrogen and oxygen atoms in total. The van der Waals surface area contributed by atoms with Crippen molar-refractivity contribution in [1.29, 1.82) is 0 Å². The minimum Gasteiger partial charge on any atom is -0.372 e. The maximum atomic E-state index is 12.3. The van der Waals surface area contributed by atoms with Crippen molar-refractivity contribution >= 4 is 40.3 Å². The number of rotatable bonds is 4. The van der Waals surface area contributed by atoms with Crippen LogP contribution in [0.15, 0.2) is 48.5 Å². The Morgan fingerprint density at radius 1 is 1.04 bits per heavy atom. The molecule has 1 aliphatic heterocycles. The zero-order chi connectivity index (χ0) is 19.2. The lowest BCUT2D eigenvalue weighted by molar-refractivity contribution is -0.385. The molecule has 0 radical (unpaired) electrons. The summed E-state index contributed by atoms with van der Waals surface area (Å²) in [6.07, 6.45) is 3.70. The molecule has 1 aliphatic rings. The Kier molecular flexibility index (Phi) is 5.97. The highest BCUT2D eigenvalue weighted by molar-refractivity contribution is 7.80. The fourth-order valence-corrected chi connectivity index (χ4v) is 3.28. The molecule has 2 aromatic rings. The number of nitro groups is 1. The number of amides is 1. The topological polar surface area (TPSA) is 87.5 Å². The molecule has 2 aromatic carbocycles. The van der Waals surface area contributed by atoms with Crippen LogP contribution in [0.5, 0.6) is 0 Å². The SMILES string of the molecule is O=C(NC(=S)Nc1ccc(N2CCCCC2)cc1)c1ccccc1[N+](=O)[O-]. The van der Waals surface area contributed by atoms with Gasteiger partial charge in [-0.1, -0.05) is 12.1 Å². The van der Waals surface area contributed by atoms with Crippen molar-refractivity contribution in [3.8, 4) is 0 Å². The second kappa shape index (κ2) is 8.59. The zero-order valence-electron chi connectivity index (χ0n) is 14.7. The summed E-state index contributed by atoms with van der Waals surface area (Å²) in [6, 6.07) is 13.6. The Balaban J connectivity index is 1.60. The van der Waals surface area contributed by atoms with Gasteiger partial charge < -0.3 is 10.2 Å². The maximum Gasteiger partial charge on any atom is 0.282 e. The number of benzene rings is 2. The minimum absolute atomic E-state index is 0.0351. The molecule has 1 heterocycles. The van der Waals surface area contributed by atoms with Crippen LogP contribution >= 0.6 is 12.2 Å². The molecule has 1 saturated heterocycles. The van der Waals surface area contributed by atoms with Gasteiger partial charge in [0.2, 0.25) is 0 Å². The molecule has 2 N–H and O–H groups in total. The molecule has 1 fully saturated rings. The molecule has 0 saturated carbocycles. The van der Waals surface area contributed by atoms with Crippen LogP contribution in [-0.2, 0) is 0 Å². The molecule has 0 bridgehead atoms. The first kappa shape index (κ1) is 18.8. The predicted octanol–water partition coefficient (Wildman–Crippen LogP) is 3.71. The summed E-state index contributed by atoms with van der Waals surface area (Å²) in [6.45, 7) is 2.13. The summed E-state index contributed by atoms with van der Waals surface area (Å²) in [5.74, 6) is -0.621. The summed E-state index contributed by atoms with van der Waals surface area (Å²) in [5, 5.41) is 16.5. The van der Waals surface area contributed by atoms with Crippen molar-refractivity contribution in [3.63, 3.8) is 0 Å². The fourth-order valence-electron chi connectivity index (χ4n) is 3.07. The smallest absolute Gasteiger partial charge is 0.282 e. The number of nitrogens with zero attached hydrogens (tertiary/aromatic N) is 2. The Labute approximate surface area is 162 Å². The van der Waals surface area contributed by atoms with Gasteiger partial charge in [0, 0.05) is 30.5 Å². The van der Waals surface area contributed by atoms with Gasteiger partial charge in [-0.05, 0) is 61.8 Å². The van der Waals surface area contributed by atoms with E-state index in [1.807, 2.05) is 24.3 Å². The number of nitro benzene ring substituents is 1.